The summed E-state index contributed by atoms with van der Waals surface area (Å²) in [4.78, 5) is 13.2. The van der Waals surface area contributed by atoms with E-state index in [4.69, 9.17) is 5.11 Å². The van der Waals surface area contributed by atoms with Gasteiger partial charge >= 0.3 is 5.97 Å². The van der Waals surface area contributed by atoms with Crippen molar-refractivity contribution in [3.63, 3.8) is 0 Å². The maximum atomic E-state index is 10.9. The smallest absolute Gasteiger partial charge is 0.307 e. The number of hydrogen-bond acceptors (Lipinski definition) is 2. The lowest BCUT2D eigenvalue weighted by molar-refractivity contribution is -0.141. The van der Waals surface area contributed by atoms with E-state index in [2.05, 4.69) is 11.9 Å². The lowest BCUT2D eigenvalue weighted by Gasteiger charge is -2.36. The summed E-state index contributed by atoms with van der Waals surface area (Å²) in [5.74, 6) is 1.01. The Labute approximate surface area is 104 Å². The zero-order chi connectivity index (χ0) is 12.4. The molecule has 0 spiro atoms. The van der Waals surface area contributed by atoms with Crippen molar-refractivity contribution in [3.8, 4) is 0 Å². The summed E-state index contributed by atoms with van der Waals surface area (Å²) in [5, 5.41) is 8.95. The van der Waals surface area contributed by atoms with Crippen LogP contribution < -0.4 is 0 Å². The molecule has 0 bridgehead atoms. The van der Waals surface area contributed by atoms with Gasteiger partial charge in [-0.05, 0) is 44.6 Å². The molecule has 17 heavy (non-hydrogen) atoms. The normalized spacial score (nSPS) is 31.5. The molecule has 1 N–H and O–H groups in total. The van der Waals surface area contributed by atoms with Gasteiger partial charge in [0.25, 0.3) is 0 Å². The number of carboxylic acid groups (broad SMARTS) is 1. The second-order valence-corrected chi connectivity index (χ2v) is 6.10. The van der Waals surface area contributed by atoms with E-state index in [0.29, 0.717) is 12.6 Å². The molecule has 2 aliphatic rings. The van der Waals surface area contributed by atoms with Gasteiger partial charge in [-0.15, -0.1) is 0 Å². The van der Waals surface area contributed by atoms with Crippen LogP contribution >= 0.6 is 0 Å². The van der Waals surface area contributed by atoms with Gasteiger partial charge in [0.05, 0.1) is 5.92 Å². The number of hydrogen-bond donors (Lipinski definition) is 1. The molecule has 3 nitrogen and oxygen atoms in total. The van der Waals surface area contributed by atoms with Crippen molar-refractivity contribution >= 4 is 5.97 Å². The van der Waals surface area contributed by atoms with E-state index < -0.39 is 5.97 Å². The number of rotatable bonds is 5. The summed E-state index contributed by atoms with van der Waals surface area (Å²) in [7, 11) is 2.10. The van der Waals surface area contributed by atoms with Gasteiger partial charge in [0, 0.05) is 12.6 Å². The van der Waals surface area contributed by atoms with Crippen LogP contribution in [-0.4, -0.2) is 35.6 Å². The van der Waals surface area contributed by atoms with Gasteiger partial charge in [0.2, 0.25) is 0 Å². The maximum Gasteiger partial charge on any atom is 0.307 e. The molecule has 0 saturated heterocycles. The van der Waals surface area contributed by atoms with E-state index >= 15 is 0 Å². The Hall–Kier alpha value is -0.570. The Morgan fingerprint density at radius 1 is 1.29 bits per heavy atom. The zero-order valence-electron chi connectivity index (χ0n) is 11.1. The quantitative estimate of drug-likeness (QED) is 0.801. The monoisotopic (exact) mass is 239 g/mol. The van der Waals surface area contributed by atoms with E-state index in [-0.39, 0.29) is 5.92 Å². The number of aliphatic carboxylic acids is 1. The van der Waals surface area contributed by atoms with Gasteiger partial charge in [-0.1, -0.05) is 19.8 Å². The van der Waals surface area contributed by atoms with E-state index in [0.717, 1.165) is 11.8 Å². The Morgan fingerprint density at radius 3 is 2.59 bits per heavy atom. The third kappa shape index (κ3) is 3.44. The molecule has 2 aliphatic carbocycles. The van der Waals surface area contributed by atoms with Crippen LogP contribution in [0.1, 0.15) is 45.4 Å². The largest absolute Gasteiger partial charge is 0.481 e. The highest BCUT2D eigenvalue weighted by molar-refractivity contribution is 5.69. The van der Waals surface area contributed by atoms with E-state index in [1.165, 1.54) is 38.5 Å². The molecule has 0 heterocycles. The van der Waals surface area contributed by atoms with E-state index in [9.17, 15) is 4.79 Å². The average molecular weight is 239 g/mol. The molecule has 0 aromatic rings. The third-order valence-corrected chi connectivity index (χ3v) is 4.58. The minimum absolute atomic E-state index is 0.249. The van der Waals surface area contributed by atoms with Crippen molar-refractivity contribution in [1.29, 1.82) is 0 Å². The molecule has 0 amide bonds. The molecular weight excluding hydrogens is 214 g/mol. The van der Waals surface area contributed by atoms with Crippen LogP contribution in [0.2, 0.25) is 0 Å². The molecule has 3 atom stereocenters. The Kier molecular flexibility index (Phi) is 4.08. The summed E-state index contributed by atoms with van der Waals surface area (Å²) in [6.07, 6.45) is 8.17. The topological polar surface area (TPSA) is 40.5 Å². The molecule has 2 saturated carbocycles. The second-order valence-electron chi connectivity index (χ2n) is 6.10. The SMILES string of the molecule is CC(CN(C)C1CCCC(C2CC2)C1)C(=O)O. The van der Waals surface area contributed by atoms with Gasteiger partial charge in [0.15, 0.2) is 0 Å². The summed E-state index contributed by atoms with van der Waals surface area (Å²) in [5.41, 5.74) is 0. The third-order valence-electron chi connectivity index (χ3n) is 4.58. The van der Waals surface area contributed by atoms with E-state index in [1.807, 2.05) is 0 Å². The van der Waals surface area contributed by atoms with Gasteiger partial charge in [-0.3, -0.25) is 4.79 Å². The van der Waals surface area contributed by atoms with Gasteiger partial charge < -0.3 is 10.0 Å². The Morgan fingerprint density at radius 2 is 2.00 bits per heavy atom. The first-order valence-electron chi connectivity index (χ1n) is 7.01. The molecule has 0 radical (unpaired) electrons. The molecule has 98 valence electrons. The first-order chi connectivity index (χ1) is 8.08. The molecule has 2 rings (SSSR count). The van der Waals surface area contributed by atoms with Crippen LogP contribution in [0.3, 0.4) is 0 Å². The fourth-order valence-corrected chi connectivity index (χ4v) is 3.26. The highest BCUT2D eigenvalue weighted by Gasteiger charge is 2.35. The van der Waals surface area contributed by atoms with Crippen LogP contribution in [0.5, 0.6) is 0 Å². The van der Waals surface area contributed by atoms with Crippen molar-refractivity contribution in [2.45, 2.75) is 51.5 Å². The highest BCUT2D eigenvalue weighted by atomic mass is 16.4. The minimum Gasteiger partial charge on any atom is -0.481 e. The second kappa shape index (κ2) is 5.38. The van der Waals surface area contributed by atoms with Crippen LogP contribution in [0.4, 0.5) is 0 Å². The zero-order valence-corrected chi connectivity index (χ0v) is 11.1. The number of carbonyl (C=O) groups is 1. The fourth-order valence-electron chi connectivity index (χ4n) is 3.26. The van der Waals surface area contributed by atoms with Crippen molar-refractivity contribution in [2.75, 3.05) is 13.6 Å². The first-order valence-corrected chi connectivity index (χ1v) is 7.01. The van der Waals surface area contributed by atoms with Gasteiger partial charge in [-0.2, -0.15) is 0 Å². The summed E-state index contributed by atoms with van der Waals surface area (Å²) < 4.78 is 0. The lowest BCUT2D eigenvalue weighted by atomic mass is 9.82. The predicted octanol–water partition coefficient (Wildman–Crippen LogP) is 2.61. The fraction of sp³-hybridized carbons (Fsp3) is 0.929. The summed E-state index contributed by atoms with van der Waals surface area (Å²) in [6, 6.07) is 0.621. The van der Waals surface area contributed by atoms with Crippen molar-refractivity contribution < 1.29 is 9.90 Å². The molecule has 0 aliphatic heterocycles. The molecule has 0 aromatic carbocycles. The summed E-state index contributed by atoms with van der Waals surface area (Å²) >= 11 is 0. The summed E-state index contributed by atoms with van der Waals surface area (Å²) in [6.45, 7) is 2.50. The van der Waals surface area contributed by atoms with Crippen molar-refractivity contribution in [1.82, 2.24) is 4.90 Å². The van der Waals surface area contributed by atoms with Gasteiger partial charge in [-0.25, -0.2) is 0 Å². The average Bonchev–Trinajstić information content (AvgIpc) is 3.12. The Bertz CT molecular complexity index is 275. The minimum atomic E-state index is -0.675. The molecule has 0 aromatic heterocycles. The van der Waals surface area contributed by atoms with Crippen LogP contribution in [-0.2, 0) is 4.79 Å². The number of nitrogens with zero attached hydrogens (tertiary/aromatic N) is 1. The predicted molar refractivity (Wildman–Crippen MR) is 67.9 cm³/mol. The van der Waals surface area contributed by atoms with Crippen LogP contribution in [0, 0.1) is 17.8 Å². The maximum absolute atomic E-state index is 10.9. The molecular formula is C14H25NO2. The highest BCUT2D eigenvalue weighted by Crippen LogP contribution is 2.44. The number of carboxylic acids is 1. The lowest BCUT2D eigenvalue weighted by Crippen LogP contribution is -2.40. The van der Waals surface area contributed by atoms with Crippen LogP contribution in [0.15, 0.2) is 0 Å². The van der Waals surface area contributed by atoms with E-state index in [1.54, 1.807) is 6.92 Å². The van der Waals surface area contributed by atoms with Crippen molar-refractivity contribution in [3.05, 3.63) is 0 Å². The standard InChI is InChI=1S/C14H25NO2/c1-10(14(16)17)9-15(2)13-5-3-4-12(8-13)11-6-7-11/h10-13H,3-9H2,1-2H3,(H,16,17). The molecule has 3 heteroatoms. The molecule has 2 fully saturated rings. The van der Waals surface area contributed by atoms with Crippen molar-refractivity contribution in [2.24, 2.45) is 17.8 Å². The molecule has 3 unspecified atom stereocenters. The first kappa shape index (κ1) is 12.9. The Balaban J connectivity index is 1.81. The van der Waals surface area contributed by atoms with Gasteiger partial charge in [0.1, 0.15) is 0 Å². The van der Waals surface area contributed by atoms with Crippen LogP contribution in [0.25, 0.3) is 0 Å².